The van der Waals surface area contributed by atoms with Crippen LogP contribution in [0.4, 0.5) is 20.2 Å². The maximum atomic E-state index is 13.4. The van der Waals surface area contributed by atoms with Gasteiger partial charge >= 0.3 is 0 Å². The van der Waals surface area contributed by atoms with Crippen molar-refractivity contribution in [2.45, 2.75) is 0 Å². The fourth-order valence-corrected chi connectivity index (χ4v) is 1.64. The Balaban J connectivity index is 2.27. The quantitative estimate of drug-likeness (QED) is 0.836. The van der Waals surface area contributed by atoms with Gasteiger partial charge in [-0.15, -0.1) is 0 Å². The molecular formula is C11H7BrF2N2O2. The summed E-state index contributed by atoms with van der Waals surface area (Å²) in [6, 6.07) is 4.46. The zero-order valence-corrected chi connectivity index (χ0v) is 10.4. The molecule has 0 unspecified atom stereocenters. The molecule has 18 heavy (non-hydrogen) atoms. The van der Waals surface area contributed by atoms with Crippen molar-refractivity contribution in [1.82, 2.24) is 0 Å². The summed E-state index contributed by atoms with van der Waals surface area (Å²) in [4.78, 5) is 11.7. The summed E-state index contributed by atoms with van der Waals surface area (Å²) >= 11 is 3.03. The lowest BCUT2D eigenvalue weighted by atomic mass is 10.2. The monoisotopic (exact) mass is 316 g/mol. The molecule has 0 aliphatic carbocycles. The Kier molecular flexibility index (Phi) is 3.33. The molecule has 94 valence electrons. The van der Waals surface area contributed by atoms with E-state index in [4.69, 9.17) is 10.2 Å². The third kappa shape index (κ3) is 2.51. The number of benzene rings is 1. The van der Waals surface area contributed by atoms with E-state index in [2.05, 4.69) is 21.2 Å². The van der Waals surface area contributed by atoms with Crippen LogP contribution in [-0.2, 0) is 0 Å². The van der Waals surface area contributed by atoms with E-state index in [1.807, 2.05) is 0 Å². The third-order valence-electron chi connectivity index (χ3n) is 2.12. The van der Waals surface area contributed by atoms with Gasteiger partial charge < -0.3 is 15.5 Å². The zero-order valence-electron chi connectivity index (χ0n) is 8.84. The predicted molar refractivity (Wildman–Crippen MR) is 65.1 cm³/mol. The fraction of sp³-hybridized carbons (Fsp3) is 0. The van der Waals surface area contributed by atoms with Crippen molar-refractivity contribution in [3.63, 3.8) is 0 Å². The molecule has 1 amide bonds. The van der Waals surface area contributed by atoms with E-state index in [1.54, 1.807) is 0 Å². The summed E-state index contributed by atoms with van der Waals surface area (Å²) in [5.74, 6) is -2.47. The Morgan fingerprint density at radius 3 is 2.61 bits per heavy atom. The number of amides is 1. The van der Waals surface area contributed by atoms with E-state index in [1.165, 1.54) is 12.1 Å². The zero-order chi connectivity index (χ0) is 13.3. The minimum absolute atomic E-state index is 0.0231. The normalized spacial score (nSPS) is 10.4. The van der Waals surface area contributed by atoms with Gasteiger partial charge in [0.05, 0.1) is 5.69 Å². The highest BCUT2D eigenvalue weighted by molar-refractivity contribution is 9.10. The molecule has 4 nitrogen and oxygen atoms in total. The van der Waals surface area contributed by atoms with Crippen LogP contribution in [0.2, 0.25) is 0 Å². The van der Waals surface area contributed by atoms with E-state index in [-0.39, 0.29) is 17.1 Å². The first-order valence-corrected chi connectivity index (χ1v) is 5.58. The molecule has 0 saturated carbocycles. The van der Waals surface area contributed by atoms with Gasteiger partial charge in [-0.05, 0) is 34.1 Å². The van der Waals surface area contributed by atoms with Crippen LogP contribution in [-0.4, -0.2) is 5.91 Å². The van der Waals surface area contributed by atoms with Crippen molar-refractivity contribution in [1.29, 1.82) is 0 Å². The van der Waals surface area contributed by atoms with Gasteiger partial charge in [-0.2, -0.15) is 0 Å². The second-order valence-electron chi connectivity index (χ2n) is 3.41. The summed E-state index contributed by atoms with van der Waals surface area (Å²) in [6.45, 7) is 0. The molecule has 0 spiro atoms. The van der Waals surface area contributed by atoms with Gasteiger partial charge in [-0.1, -0.05) is 0 Å². The summed E-state index contributed by atoms with van der Waals surface area (Å²) in [5.41, 5.74) is 4.93. The molecule has 0 atom stereocenters. The van der Waals surface area contributed by atoms with E-state index in [0.29, 0.717) is 10.7 Å². The van der Waals surface area contributed by atoms with Gasteiger partial charge in [0.1, 0.15) is 11.5 Å². The molecule has 1 heterocycles. The van der Waals surface area contributed by atoms with Gasteiger partial charge in [-0.25, -0.2) is 8.78 Å². The van der Waals surface area contributed by atoms with Gasteiger partial charge in [0.15, 0.2) is 16.2 Å². The SMILES string of the molecule is Nc1cc(F)cc(F)c1NC(=O)c1ccc(Br)o1. The summed E-state index contributed by atoms with van der Waals surface area (Å²) < 4.78 is 31.6. The van der Waals surface area contributed by atoms with Gasteiger partial charge in [-0.3, -0.25) is 4.79 Å². The van der Waals surface area contributed by atoms with Crippen molar-refractivity contribution < 1.29 is 18.0 Å². The predicted octanol–water partition coefficient (Wildman–Crippen LogP) is 3.15. The molecule has 0 bridgehead atoms. The van der Waals surface area contributed by atoms with Crippen LogP contribution in [0, 0.1) is 11.6 Å². The summed E-state index contributed by atoms with van der Waals surface area (Å²) in [7, 11) is 0. The number of halogens is 3. The molecule has 1 aromatic heterocycles. The lowest BCUT2D eigenvalue weighted by Gasteiger charge is -2.08. The first-order valence-electron chi connectivity index (χ1n) is 4.78. The molecule has 0 fully saturated rings. The number of nitrogens with one attached hydrogen (secondary N) is 1. The average Bonchev–Trinajstić information content (AvgIpc) is 2.70. The first-order chi connectivity index (χ1) is 8.47. The Labute approximate surface area is 109 Å². The second kappa shape index (κ2) is 4.77. The van der Waals surface area contributed by atoms with Crippen molar-refractivity contribution in [3.05, 3.63) is 46.3 Å². The van der Waals surface area contributed by atoms with Crippen molar-refractivity contribution in [3.8, 4) is 0 Å². The number of hydrogen-bond donors (Lipinski definition) is 2. The molecule has 0 aliphatic heterocycles. The second-order valence-corrected chi connectivity index (χ2v) is 4.19. The van der Waals surface area contributed by atoms with Crippen molar-refractivity contribution in [2.75, 3.05) is 11.1 Å². The fourth-order valence-electron chi connectivity index (χ4n) is 1.34. The molecule has 0 radical (unpaired) electrons. The lowest BCUT2D eigenvalue weighted by molar-refractivity contribution is 0.0995. The molecule has 1 aromatic carbocycles. The van der Waals surface area contributed by atoms with E-state index in [9.17, 15) is 13.6 Å². The molecule has 2 rings (SSSR count). The minimum atomic E-state index is -0.952. The maximum absolute atomic E-state index is 13.4. The Bertz CT molecular complexity index is 590. The highest BCUT2D eigenvalue weighted by Gasteiger charge is 2.16. The lowest BCUT2D eigenvalue weighted by Crippen LogP contribution is -2.14. The first kappa shape index (κ1) is 12.6. The van der Waals surface area contributed by atoms with Gasteiger partial charge in [0.25, 0.3) is 5.91 Å². The molecule has 7 heteroatoms. The number of anilines is 2. The highest BCUT2D eigenvalue weighted by atomic mass is 79.9. The van der Waals surface area contributed by atoms with Crippen molar-refractivity contribution >= 4 is 33.2 Å². The molecular weight excluding hydrogens is 310 g/mol. The maximum Gasteiger partial charge on any atom is 0.291 e. The molecule has 0 saturated heterocycles. The van der Waals surface area contributed by atoms with Crippen LogP contribution in [0.25, 0.3) is 0 Å². The smallest absolute Gasteiger partial charge is 0.291 e. The molecule has 2 aromatic rings. The Morgan fingerprint density at radius 2 is 2.06 bits per heavy atom. The Morgan fingerprint density at radius 1 is 1.33 bits per heavy atom. The molecule has 0 aliphatic rings. The van der Waals surface area contributed by atoms with Gasteiger partial charge in [0, 0.05) is 6.07 Å². The number of carbonyl (C=O) groups is 1. The standard InChI is InChI=1S/C11H7BrF2N2O2/c12-9-2-1-8(18-9)11(17)16-10-6(14)3-5(13)4-7(10)15/h1-4H,15H2,(H,16,17). The third-order valence-corrected chi connectivity index (χ3v) is 2.55. The Hall–Kier alpha value is -1.89. The van der Waals surface area contributed by atoms with Crippen molar-refractivity contribution in [2.24, 2.45) is 0 Å². The van der Waals surface area contributed by atoms with Gasteiger partial charge in [0.2, 0.25) is 0 Å². The highest BCUT2D eigenvalue weighted by Crippen LogP contribution is 2.25. The van der Waals surface area contributed by atoms with Crippen LogP contribution in [0.15, 0.2) is 33.4 Å². The van der Waals surface area contributed by atoms with E-state index >= 15 is 0 Å². The number of carbonyl (C=O) groups excluding carboxylic acids is 1. The van der Waals surface area contributed by atoms with Crippen LogP contribution in [0.1, 0.15) is 10.6 Å². The van der Waals surface area contributed by atoms with Crippen LogP contribution >= 0.6 is 15.9 Å². The van der Waals surface area contributed by atoms with Crippen LogP contribution < -0.4 is 11.1 Å². The number of rotatable bonds is 2. The van der Waals surface area contributed by atoms with E-state index in [0.717, 1.165) is 6.07 Å². The average molecular weight is 317 g/mol. The summed E-state index contributed by atoms with van der Waals surface area (Å²) in [6.07, 6.45) is 0. The number of nitrogens with two attached hydrogens (primary N) is 1. The number of furan rings is 1. The summed E-state index contributed by atoms with van der Waals surface area (Å²) in [5, 5.41) is 2.22. The number of nitrogen functional groups attached to an aromatic ring is 1. The largest absolute Gasteiger partial charge is 0.444 e. The van der Waals surface area contributed by atoms with Crippen LogP contribution in [0.3, 0.4) is 0 Å². The molecule has 3 N–H and O–H groups in total. The van der Waals surface area contributed by atoms with E-state index < -0.39 is 17.5 Å². The topological polar surface area (TPSA) is 68.3 Å². The minimum Gasteiger partial charge on any atom is -0.444 e. The number of hydrogen-bond acceptors (Lipinski definition) is 3. The van der Waals surface area contributed by atoms with Crippen LogP contribution in [0.5, 0.6) is 0 Å².